The normalized spacial score (nSPS) is 20.1. The molecule has 1 fully saturated rings. The molecule has 2 aromatic rings. The Morgan fingerprint density at radius 1 is 1.24 bits per heavy atom. The summed E-state index contributed by atoms with van der Waals surface area (Å²) in [6, 6.07) is 10.2. The van der Waals surface area contributed by atoms with Crippen LogP contribution >= 0.6 is 23.4 Å². The number of amides is 2. The highest BCUT2D eigenvalue weighted by Gasteiger charge is 2.24. The zero-order chi connectivity index (χ0) is 20.5. The van der Waals surface area contributed by atoms with Gasteiger partial charge in [0.1, 0.15) is 11.0 Å². The van der Waals surface area contributed by atoms with E-state index in [0.29, 0.717) is 26.9 Å². The number of carbonyl (C=O) groups is 2. The number of carbonyl (C=O) groups excluding carboxylic acids is 2. The van der Waals surface area contributed by atoms with Crippen LogP contribution in [0.2, 0.25) is 5.02 Å². The number of hydrogen-bond donors (Lipinski definition) is 2. The summed E-state index contributed by atoms with van der Waals surface area (Å²) in [5.41, 5.74) is 1.59. The van der Waals surface area contributed by atoms with Crippen molar-refractivity contribution in [3.05, 3.63) is 47.0 Å². The van der Waals surface area contributed by atoms with Gasteiger partial charge in [0.25, 0.3) is 5.91 Å². The van der Waals surface area contributed by atoms with E-state index in [2.05, 4.69) is 10.6 Å². The van der Waals surface area contributed by atoms with Crippen molar-refractivity contribution in [3.8, 4) is 0 Å². The highest BCUT2D eigenvalue weighted by molar-refractivity contribution is 8.01. The van der Waals surface area contributed by atoms with Crippen molar-refractivity contribution in [2.45, 2.75) is 34.8 Å². The predicted molar refractivity (Wildman–Crippen MR) is 117 cm³/mol. The standard InChI is InChI=1S/C20H20ClN3O3S2/c1-12-19(25)23-16-10-13(4-6-17(16)28-12)20(26)22-14-5-7-18(15(21)11-14)29(27)24-8-2-3-9-24/h4-7,10-12H,2-3,8-9H2,1H3,(H,22,26)(H,23,25). The molecule has 0 radical (unpaired) electrons. The Labute approximate surface area is 181 Å². The number of nitrogens with one attached hydrogen (secondary N) is 2. The quantitative estimate of drug-likeness (QED) is 0.735. The van der Waals surface area contributed by atoms with E-state index < -0.39 is 11.0 Å². The summed E-state index contributed by atoms with van der Waals surface area (Å²) in [7, 11) is -1.29. The molecule has 9 heteroatoms. The van der Waals surface area contributed by atoms with E-state index in [9.17, 15) is 13.8 Å². The van der Waals surface area contributed by atoms with E-state index in [-0.39, 0.29) is 17.1 Å². The molecule has 4 rings (SSSR count). The number of rotatable bonds is 4. The first-order chi connectivity index (χ1) is 13.9. The van der Waals surface area contributed by atoms with Crippen LogP contribution in [-0.4, -0.2) is 38.7 Å². The van der Waals surface area contributed by atoms with Gasteiger partial charge in [-0.05, 0) is 56.2 Å². The van der Waals surface area contributed by atoms with Crippen LogP contribution in [0, 0.1) is 0 Å². The first kappa shape index (κ1) is 20.4. The van der Waals surface area contributed by atoms with Gasteiger partial charge in [-0.15, -0.1) is 11.8 Å². The monoisotopic (exact) mass is 449 g/mol. The fraction of sp³-hybridized carbons (Fsp3) is 0.300. The van der Waals surface area contributed by atoms with E-state index in [4.69, 9.17) is 11.6 Å². The molecule has 2 amide bonds. The topological polar surface area (TPSA) is 78.5 Å². The molecule has 2 aromatic carbocycles. The Morgan fingerprint density at radius 2 is 2.00 bits per heavy atom. The highest BCUT2D eigenvalue weighted by atomic mass is 35.5. The van der Waals surface area contributed by atoms with E-state index in [1.165, 1.54) is 11.8 Å². The summed E-state index contributed by atoms with van der Waals surface area (Å²) in [6.45, 7) is 3.44. The molecule has 2 atom stereocenters. The summed E-state index contributed by atoms with van der Waals surface area (Å²) in [5.74, 6) is -0.386. The molecule has 0 aliphatic carbocycles. The largest absolute Gasteiger partial charge is 0.324 e. The summed E-state index contributed by atoms with van der Waals surface area (Å²) in [6.07, 6.45) is 2.08. The second kappa shape index (κ2) is 8.47. The van der Waals surface area contributed by atoms with Crippen LogP contribution in [0.5, 0.6) is 0 Å². The fourth-order valence-electron chi connectivity index (χ4n) is 3.27. The van der Waals surface area contributed by atoms with Crippen molar-refractivity contribution in [2.24, 2.45) is 0 Å². The Hall–Kier alpha value is -1.87. The third-order valence-corrected chi connectivity index (χ3v) is 8.02. The zero-order valence-corrected chi connectivity index (χ0v) is 18.1. The maximum atomic E-state index is 12.6. The van der Waals surface area contributed by atoms with Gasteiger partial charge in [0.05, 0.1) is 20.9 Å². The molecule has 6 nitrogen and oxygen atoms in total. The van der Waals surface area contributed by atoms with Crippen molar-refractivity contribution >= 4 is 57.5 Å². The minimum absolute atomic E-state index is 0.0755. The first-order valence-corrected chi connectivity index (χ1v) is 11.7. The summed E-state index contributed by atoms with van der Waals surface area (Å²) < 4.78 is 14.5. The smallest absolute Gasteiger partial charge is 0.255 e. The van der Waals surface area contributed by atoms with Crippen LogP contribution in [0.1, 0.15) is 30.1 Å². The van der Waals surface area contributed by atoms with Crippen molar-refractivity contribution < 1.29 is 13.8 Å². The first-order valence-electron chi connectivity index (χ1n) is 9.31. The van der Waals surface area contributed by atoms with Crippen LogP contribution in [0.15, 0.2) is 46.2 Å². The van der Waals surface area contributed by atoms with E-state index >= 15 is 0 Å². The van der Waals surface area contributed by atoms with Gasteiger partial charge in [0.15, 0.2) is 0 Å². The Balaban J connectivity index is 1.49. The summed E-state index contributed by atoms with van der Waals surface area (Å²) in [5, 5.41) is 5.83. The average molecular weight is 450 g/mol. The third kappa shape index (κ3) is 4.35. The third-order valence-electron chi connectivity index (χ3n) is 4.85. The van der Waals surface area contributed by atoms with Gasteiger partial charge < -0.3 is 10.6 Å². The Bertz CT molecular complexity index is 1010. The molecule has 29 heavy (non-hydrogen) atoms. The molecule has 2 unspecified atom stereocenters. The molecule has 2 N–H and O–H groups in total. The van der Waals surface area contributed by atoms with Crippen LogP contribution in [0.3, 0.4) is 0 Å². The minimum Gasteiger partial charge on any atom is -0.324 e. The van der Waals surface area contributed by atoms with Crippen LogP contribution in [0.4, 0.5) is 11.4 Å². The Kier molecular flexibility index (Phi) is 5.96. The molecule has 0 spiro atoms. The van der Waals surface area contributed by atoms with Crippen molar-refractivity contribution in [2.75, 3.05) is 23.7 Å². The lowest BCUT2D eigenvalue weighted by Gasteiger charge is -2.21. The Morgan fingerprint density at radius 3 is 2.72 bits per heavy atom. The number of anilines is 2. The molecular weight excluding hydrogens is 430 g/mol. The van der Waals surface area contributed by atoms with Gasteiger partial charge >= 0.3 is 0 Å². The van der Waals surface area contributed by atoms with E-state index in [0.717, 1.165) is 30.8 Å². The lowest BCUT2D eigenvalue weighted by atomic mass is 10.1. The molecule has 0 aromatic heterocycles. The SMILES string of the molecule is CC1Sc2ccc(C(=O)Nc3ccc(S(=O)N4CCCC4)c(Cl)c3)cc2NC1=O. The second-order valence-corrected chi connectivity index (χ2v) is 10.2. The van der Waals surface area contributed by atoms with Crippen LogP contribution in [0.25, 0.3) is 0 Å². The molecule has 0 saturated carbocycles. The van der Waals surface area contributed by atoms with Gasteiger partial charge in [-0.3, -0.25) is 9.59 Å². The van der Waals surface area contributed by atoms with Crippen LogP contribution < -0.4 is 10.6 Å². The number of halogens is 1. The van der Waals surface area contributed by atoms with Gasteiger partial charge in [-0.1, -0.05) is 11.6 Å². The molecule has 0 bridgehead atoms. The second-order valence-electron chi connectivity index (χ2n) is 6.94. The number of hydrogen-bond acceptors (Lipinski definition) is 4. The minimum atomic E-state index is -1.29. The van der Waals surface area contributed by atoms with Gasteiger partial charge in [-0.25, -0.2) is 8.51 Å². The highest BCUT2D eigenvalue weighted by Crippen LogP contribution is 2.36. The van der Waals surface area contributed by atoms with Crippen molar-refractivity contribution in [1.82, 2.24) is 4.31 Å². The van der Waals surface area contributed by atoms with Crippen molar-refractivity contribution in [1.29, 1.82) is 0 Å². The summed E-state index contributed by atoms with van der Waals surface area (Å²) in [4.78, 5) is 26.0. The molecule has 2 heterocycles. The van der Waals surface area contributed by atoms with E-state index in [1.54, 1.807) is 30.3 Å². The van der Waals surface area contributed by atoms with Crippen molar-refractivity contribution in [3.63, 3.8) is 0 Å². The molecule has 1 saturated heterocycles. The fourth-order valence-corrected chi connectivity index (χ4v) is 5.85. The number of benzene rings is 2. The number of nitrogens with zero attached hydrogens (tertiary/aromatic N) is 1. The number of fused-ring (bicyclic) bond motifs is 1. The average Bonchev–Trinajstić information content (AvgIpc) is 3.23. The van der Waals surface area contributed by atoms with E-state index in [1.807, 2.05) is 17.3 Å². The van der Waals surface area contributed by atoms with Gasteiger partial charge in [0, 0.05) is 29.2 Å². The molecular formula is C20H20ClN3O3S2. The lowest BCUT2D eigenvalue weighted by Crippen LogP contribution is -2.26. The number of thioether (sulfide) groups is 1. The molecule has 2 aliphatic heterocycles. The zero-order valence-electron chi connectivity index (χ0n) is 15.7. The van der Waals surface area contributed by atoms with Crippen LogP contribution in [-0.2, 0) is 15.8 Å². The maximum absolute atomic E-state index is 12.6. The van der Waals surface area contributed by atoms with Gasteiger partial charge in [-0.2, -0.15) is 0 Å². The predicted octanol–water partition coefficient (Wildman–Crippen LogP) is 4.14. The maximum Gasteiger partial charge on any atom is 0.255 e. The van der Waals surface area contributed by atoms with Gasteiger partial charge in [0.2, 0.25) is 5.91 Å². The molecule has 152 valence electrons. The molecule has 2 aliphatic rings. The summed E-state index contributed by atoms with van der Waals surface area (Å²) >= 11 is 7.80. The lowest BCUT2D eigenvalue weighted by molar-refractivity contribution is -0.115.